The highest BCUT2D eigenvalue weighted by Gasteiger charge is 2.16. The molecule has 1 aliphatic rings. The van der Waals surface area contributed by atoms with Gasteiger partial charge in [-0.25, -0.2) is 0 Å². The summed E-state index contributed by atoms with van der Waals surface area (Å²) in [6, 6.07) is 0.599. The second-order valence-corrected chi connectivity index (χ2v) is 4.34. The van der Waals surface area contributed by atoms with Crippen molar-refractivity contribution in [2.45, 2.75) is 39.7 Å². The SMILES string of the molecule is CC(=O)N1CCCCN(C(C)C)CC1. The Labute approximate surface area is 87.1 Å². The van der Waals surface area contributed by atoms with Crippen molar-refractivity contribution in [1.82, 2.24) is 9.80 Å². The molecule has 0 aromatic carbocycles. The third-order valence-electron chi connectivity index (χ3n) is 2.96. The van der Waals surface area contributed by atoms with E-state index in [0.29, 0.717) is 6.04 Å². The standard InChI is InChI=1S/C11H22N2O/c1-10(2)12-6-4-5-7-13(9-8-12)11(3)14/h10H,4-9H2,1-3H3. The first-order valence-electron chi connectivity index (χ1n) is 5.61. The van der Waals surface area contributed by atoms with Gasteiger partial charge in [0.15, 0.2) is 0 Å². The van der Waals surface area contributed by atoms with Gasteiger partial charge in [0, 0.05) is 32.6 Å². The van der Waals surface area contributed by atoms with Gasteiger partial charge in [-0.15, -0.1) is 0 Å². The summed E-state index contributed by atoms with van der Waals surface area (Å²) in [7, 11) is 0. The lowest BCUT2D eigenvalue weighted by Gasteiger charge is -2.32. The van der Waals surface area contributed by atoms with Gasteiger partial charge in [-0.3, -0.25) is 9.69 Å². The van der Waals surface area contributed by atoms with Crippen molar-refractivity contribution < 1.29 is 4.79 Å². The Kier molecular flexibility index (Phi) is 4.39. The molecule has 0 aromatic rings. The average Bonchev–Trinajstić information content (AvgIpc) is 2.01. The Hall–Kier alpha value is -0.570. The van der Waals surface area contributed by atoms with Crippen LogP contribution in [0.2, 0.25) is 0 Å². The summed E-state index contributed by atoms with van der Waals surface area (Å²) >= 11 is 0. The predicted octanol–water partition coefficient (Wildman–Crippen LogP) is 1.34. The van der Waals surface area contributed by atoms with E-state index in [9.17, 15) is 4.79 Å². The molecule has 0 aliphatic carbocycles. The lowest BCUT2D eigenvalue weighted by Crippen LogP contribution is -2.43. The topological polar surface area (TPSA) is 23.6 Å². The maximum absolute atomic E-state index is 11.2. The van der Waals surface area contributed by atoms with Gasteiger partial charge in [0.1, 0.15) is 0 Å². The van der Waals surface area contributed by atoms with E-state index in [1.807, 2.05) is 4.90 Å². The van der Waals surface area contributed by atoms with E-state index >= 15 is 0 Å². The molecule has 3 heteroatoms. The molecule has 0 N–H and O–H groups in total. The van der Waals surface area contributed by atoms with Gasteiger partial charge < -0.3 is 4.90 Å². The second-order valence-electron chi connectivity index (χ2n) is 4.34. The monoisotopic (exact) mass is 198 g/mol. The van der Waals surface area contributed by atoms with E-state index < -0.39 is 0 Å². The van der Waals surface area contributed by atoms with Crippen LogP contribution in [0.25, 0.3) is 0 Å². The fraction of sp³-hybridized carbons (Fsp3) is 0.909. The average molecular weight is 198 g/mol. The second kappa shape index (κ2) is 5.35. The van der Waals surface area contributed by atoms with Crippen LogP contribution in [-0.4, -0.2) is 47.9 Å². The summed E-state index contributed by atoms with van der Waals surface area (Å²) in [5.74, 6) is 0.218. The normalized spacial score (nSPS) is 20.7. The van der Waals surface area contributed by atoms with Gasteiger partial charge in [0.05, 0.1) is 0 Å². The van der Waals surface area contributed by atoms with Crippen LogP contribution in [0.3, 0.4) is 0 Å². The van der Waals surface area contributed by atoms with E-state index in [-0.39, 0.29) is 5.91 Å². The minimum absolute atomic E-state index is 0.218. The molecule has 0 unspecified atom stereocenters. The van der Waals surface area contributed by atoms with Crippen LogP contribution in [0.5, 0.6) is 0 Å². The van der Waals surface area contributed by atoms with Gasteiger partial charge in [0.2, 0.25) is 5.91 Å². The van der Waals surface area contributed by atoms with E-state index in [1.165, 1.54) is 13.0 Å². The first-order valence-corrected chi connectivity index (χ1v) is 5.61. The molecule has 3 nitrogen and oxygen atoms in total. The van der Waals surface area contributed by atoms with E-state index in [2.05, 4.69) is 18.7 Å². The van der Waals surface area contributed by atoms with Gasteiger partial charge in [-0.05, 0) is 33.2 Å². The highest BCUT2D eigenvalue weighted by molar-refractivity contribution is 5.73. The summed E-state index contributed by atoms with van der Waals surface area (Å²) in [6.07, 6.45) is 2.35. The minimum Gasteiger partial charge on any atom is -0.342 e. The molecule has 1 amide bonds. The molecule has 1 rings (SSSR count). The third-order valence-corrected chi connectivity index (χ3v) is 2.96. The number of rotatable bonds is 1. The number of hydrogen-bond acceptors (Lipinski definition) is 2. The Balaban J connectivity index is 2.46. The van der Waals surface area contributed by atoms with Crippen LogP contribution < -0.4 is 0 Å². The van der Waals surface area contributed by atoms with Crippen LogP contribution in [0.1, 0.15) is 33.6 Å². The van der Waals surface area contributed by atoms with Crippen molar-refractivity contribution >= 4 is 5.91 Å². The lowest BCUT2D eigenvalue weighted by molar-refractivity contribution is -0.129. The minimum atomic E-state index is 0.218. The van der Waals surface area contributed by atoms with Gasteiger partial charge >= 0.3 is 0 Å². The fourth-order valence-corrected chi connectivity index (χ4v) is 1.92. The van der Waals surface area contributed by atoms with Crippen molar-refractivity contribution in [2.75, 3.05) is 26.2 Å². The summed E-state index contributed by atoms with van der Waals surface area (Å²) in [4.78, 5) is 15.7. The van der Waals surface area contributed by atoms with Crippen LogP contribution >= 0.6 is 0 Å². The molecule has 0 atom stereocenters. The summed E-state index contributed by atoms with van der Waals surface area (Å²) in [5, 5.41) is 0. The van der Waals surface area contributed by atoms with Crippen LogP contribution in [-0.2, 0) is 4.79 Å². The van der Waals surface area contributed by atoms with E-state index in [1.54, 1.807) is 6.92 Å². The highest BCUT2D eigenvalue weighted by atomic mass is 16.2. The van der Waals surface area contributed by atoms with E-state index in [0.717, 1.165) is 26.1 Å². The number of nitrogens with zero attached hydrogens (tertiary/aromatic N) is 2. The predicted molar refractivity (Wildman–Crippen MR) is 58.2 cm³/mol. The molecular weight excluding hydrogens is 176 g/mol. The Morgan fingerprint density at radius 1 is 1.07 bits per heavy atom. The first kappa shape index (κ1) is 11.5. The summed E-state index contributed by atoms with van der Waals surface area (Å²) < 4.78 is 0. The molecule has 0 aromatic heterocycles. The molecule has 0 saturated carbocycles. The molecule has 82 valence electrons. The molecular formula is C11H22N2O. The van der Waals surface area contributed by atoms with E-state index in [4.69, 9.17) is 0 Å². The van der Waals surface area contributed by atoms with Gasteiger partial charge in [-0.1, -0.05) is 0 Å². The van der Waals surface area contributed by atoms with Crippen molar-refractivity contribution in [3.8, 4) is 0 Å². The quantitative estimate of drug-likeness (QED) is 0.635. The number of carbonyl (C=O) groups excluding carboxylic acids is 1. The third kappa shape index (κ3) is 3.29. The Morgan fingerprint density at radius 3 is 2.29 bits per heavy atom. The lowest BCUT2D eigenvalue weighted by atomic mass is 10.2. The summed E-state index contributed by atoms with van der Waals surface area (Å²) in [6.45, 7) is 10.2. The van der Waals surface area contributed by atoms with Crippen molar-refractivity contribution in [3.05, 3.63) is 0 Å². The molecule has 1 aliphatic heterocycles. The molecule has 1 fully saturated rings. The van der Waals surface area contributed by atoms with Gasteiger partial charge in [0.25, 0.3) is 0 Å². The maximum atomic E-state index is 11.2. The number of hydrogen-bond donors (Lipinski definition) is 0. The Morgan fingerprint density at radius 2 is 1.71 bits per heavy atom. The molecule has 0 radical (unpaired) electrons. The molecule has 1 saturated heterocycles. The number of carbonyl (C=O) groups is 1. The Bertz CT molecular complexity index is 192. The fourth-order valence-electron chi connectivity index (χ4n) is 1.92. The molecule has 0 bridgehead atoms. The van der Waals surface area contributed by atoms with Crippen LogP contribution in [0, 0.1) is 0 Å². The zero-order valence-electron chi connectivity index (χ0n) is 9.62. The van der Waals surface area contributed by atoms with Crippen LogP contribution in [0.15, 0.2) is 0 Å². The highest BCUT2D eigenvalue weighted by Crippen LogP contribution is 2.07. The van der Waals surface area contributed by atoms with Crippen LogP contribution in [0.4, 0.5) is 0 Å². The summed E-state index contributed by atoms with van der Waals surface area (Å²) in [5.41, 5.74) is 0. The van der Waals surface area contributed by atoms with Crippen molar-refractivity contribution in [3.63, 3.8) is 0 Å². The van der Waals surface area contributed by atoms with Crippen molar-refractivity contribution in [2.24, 2.45) is 0 Å². The van der Waals surface area contributed by atoms with Gasteiger partial charge in [-0.2, -0.15) is 0 Å². The number of amides is 1. The largest absolute Gasteiger partial charge is 0.342 e. The van der Waals surface area contributed by atoms with Crippen molar-refractivity contribution in [1.29, 1.82) is 0 Å². The smallest absolute Gasteiger partial charge is 0.219 e. The zero-order valence-corrected chi connectivity index (χ0v) is 9.62. The molecule has 14 heavy (non-hydrogen) atoms. The maximum Gasteiger partial charge on any atom is 0.219 e. The zero-order chi connectivity index (χ0) is 10.6. The molecule has 0 spiro atoms. The molecule has 1 heterocycles. The first-order chi connectivity index (χ1) is 6.61.